The molecule has 0 aliphatic rings. The van der Waals surface area contributed by atoms with Crippen molar-refractivity contribution >= 4 is 43.6 Å². The lowest BCUT2D eigenvalue weighted by molar-refractivity contribution is 1.13. The molecule has 0 spiro atoms. The van der Waals surface area contributed by atoms with Crippen molar-refractivity contribution in [3.05, 3.63) is 182 Å². The maximum absolute atomic E-state index is 5.22. The molecule has 4 heteroatoms. The Labute approximate surface area is 289 Å². The predicted octanol–water partition coefficient (Wildman–Crippen LogP) is 11.7. The van der Waals surface area contributed by atoms with Gasteiger partial charge in [-0.25, -0.2) is 9.97 Å². The van der Waals surface area contributed by atoms with Gasteiger partial charge in [0.15, 0.2) is 5.82 Å². The molecule has 0 amide bonds. The van der Waals surface area contributed by atoms with E-state index in [4.69, 9.17) is 9.97 Å². The number of fused-ring (bicyclic) bond motifs is 6. The van der Waals surface area contributed by atoms with Gasteiger partial charge < -0.3 is 9.13 Å². The van der Waals surface area contributed by atoms with E-state index in [0.29, 0.717) is 5.82 Å². The Morgan fingerprint density at radius 2 is 1.08 bits per heavy atom. The highest BCUT2D eigenvalue weighted by atomic mass is 15.0. The van der Waals surface area contributed by atoms with Gasteiger partial charge in [0.1, 0.15) is 0 Å². The highest BCUT2D eigenvalue weighted by Crippen LogP contribution is 2.38. The Bertz CT molecular complexity index is 2850. The van der Waals surface area contributed by atoms with Crippen molar-refractivity contribution in [2.24, 2.45) is 0 Å². The number of nitrogens with zero attached hydrogens (tertiary/aromatic N) is 4. The van der Waals surface area contributed by atoms with Gasteiger partial charge in [0.05, 0.1) is 27.8 Å². The van der Waals surface area contributed by atoms with Crippen LogP contribution in [0.15, 0.2) is 182 Å². The quantitative estimate of drug-likeness (QED) is 0.188. The lowest BCUT2D eigenvalue weighted by Gasteiger charge is -2.12. The van der Waals surface area contributed by atoms with E-state index >= 15 is 0 Å². The van der Waals surface area contributed by atoms with Gasteiger partial charge in [-0.1, -0.05) is 109 Å². The molecule has 0 N–H and O–H groups in total. The number of aromatic nitrogens is 4. The molecule has 0 radical (unpaired) electrons. The van der Waals surface area contributed by atoms with Crippen LogP contribution >= 0.6 is 0 Å². The smallest absolute Gasteiger partial charge is 0.160 e. The number of benzene rings is 7. The maximum Gasteiger partial charge on any atom is 0.160 e. The van der Waals surface area contributed by atoms with Gasteiger partial charge in [-0.2, -0.15) is 0 Å². The van der Waals surface area contributed by atoms with Crippen LogP contribution in [0.3, 0.4) is 0 Å². The summed E-state index contributed by atoms with van der Waals surface area (Å²) in [5, 5.41) is 4.73. The minimum Gasteiger partial charge on any atom is -0.316 e. The fourth-order valence-electron chi connectivity index (χ4n) is 7.42. The van der Waals surface area contributed by atoms with Crippen molar-refractivity contribution < 1.29 is 0 Å². The molecule has 0 fully saturated rings. The molecular weight excluding hydrogens is 609 g/mol. The zero-order valence-corrected chi connectivity index (χ0v) is 27.1. The Morgan fingerprint density at radius 1 is 0.380 bits per heavy atom. The summed E-state index contributed by atoms with van der Waals surface area (Å²) >= 11 is 0. The summed E-state index contributed by atoms with van der Waals surface area (Å²) in [5.41, 5.74) is 12.0. The van der Waals surface area contributed by atoms with Crippen molar-refractivity contribution in [3.63, 3.8) is 0 Å². The molecule has 10 aromatic rings. The van der Waals surface area contributed by atoms with E-state index < -0.39 is 0 Å². The lowest BCUT2D eigenvalue weighted by Crippen LogP contribution is -1.97. The van der Waals surface area contributed by atoms with Gasteiger partial charge >= 0.3 is 0 Å². The molecule has 4 nitrogen and oxygen atoms in total. The van der Waals surface area contributed by atoms with Crippen LogP contribution in [-0.4, -0.2) is 19.1 Å². The molecular formula is C46H30N4. The summed E-state index contributed by atoms with van der Waals surface area (Å²) in [5.74, 6) is 0.708. The molecule has 0 saturated carbocycles. The SMILES string of the molecule is c1ccc(-c2cccc(-c3nc(-c4ccc(-n5c6ccccc6c6ccc7c(ccn7-c7ccccc7)c65)cc4)nc4ccccc34)c2)cc1. The number of hydrogen-bond acceptors (Lipinski definition) is 2. The van der Waals surface area contributed by atoms with Crippen LogP contribution in [-0.2, 0) is 0 Å². The Morgan fingerprint density at radius 3 is 1.92 bits per heavy atom. The zero-order chi connectivity index (χ0) is 33.0. The van der Waals surface area contributed by atoms with E-state index in [2.05, 4.69) is 179 Å². The molecule has 3 heterocycles. The van der Waals surface area contributed by atoms with Gasteiger partial charge in [0.25, 0.3) is 0 Å². The summed E-state index contributed by atoms with van der Waals surface area (Å²) in [7, 11) is 0. The summed E-state index contributed by atoms with van der Waals surface area (Å²) in [6.07, 6.45) is 2.18. The first kappa shape index (κ1) is 28.3. The highest BCUT2D eigenvalue weighted by molar-refractivity contribution is 6.18. The first-order valence-corrected chi connectivity index (χ1v) is 16.9. The van der Waals surface area contributed by atoms with Gasteiger partial charge in [0.2, 0.25) is 0 Å². The third-order valence-electron chi connectivity index (χ3n) is 9.77. The second-order valence-corrected chi connectivity index (χ2v) is 12.7. The number of para-hydroxylation sites is 3. The second kappa shape index (κ2) is 11.4. The molecule has 234 valence electrons. The van der Waals surface area contributed by atoms with Crippen LogP contribution in [0.2, 0.25) is 0 Å². The highest BCUT2D eigenvalue weighted by Gasteiger charge is 2.18. The molecule has 0 atom stereocenters. The van der Waals surface area contributed by atoms with Crippen LogP contribution in [0.4, 0.5) is 0 Å². The van der Waals surface area contributed by atoms with Crippen LogP contribution in [0, 0.1) is 0 Å². The van der Waals surface area contributed by atoms with E-state index in [0.717, 1.165) is 44.7 Å². The summed E-state index contributed by atoms with van der Waals surface area (Å²) in [6, 6.07) is 62.1. The van der Waals surface area contributed by atoms with E-state index in [1.807, 2.05) is 12.1 Å². The molecule has 10 rings (SSSR count). The minimum absolute atomic E-state index is 0.708. The van der Waals surface area contributed by atoms with E-state index in [9.17, 15) is 0 Å². The monoisotopic (exact) mass is 638 g/mol. The van der Waals surface area contributed by atoms with Crippen molar-refractivity contribution in [1.82, 2.24) is 19.1 Å². The van der Waals surface area contributed by atoms with Gasteiger partial charge in [0, 0.05) is 50.2 Å². The standard InChI is InChI=1S/C46H30N4/c1-3-12-31(13-4-1)33-14-11-15-34(30-33)44-39-19-7-9-20-41(39)47-46(48-44)32-22-24-36(25-23-32)50-43-21-10-8-18-37(43)38-26-27-42-40(45(38)50)28-29-49(42)35-16-5-2-6-17-35/h1-30H. The molecule has 7 aromatic carbocycles. The van der Waals surface area contributed by atoms with Gasteiger partial charge in [-0.3, -0.25) is 0 Å². The average Bonchev–Trinajstić information content (AvgIpc) is 3.78. The molecule has 50 heavy (non-hydrogen) atoms. The topological polar surface area (TPSA) is 35.6 Å². The van der Waals surface area contributed by atoms with E-state index in [-0.39, 0.29) is 0 Å². The fraction of sp³-hybridized carbons (Fsp3) is 0. The van der Waals surface area contributed by atoms with Crippen molar-refractivity contribution in [2.45, 2.75) is 0 Å². The third-order valence-corrected chi connectivity index (χ3v) is 9.77. The minimum atomic E-state index is 0.708. The average molecular weight is 639 g/mol. The Hall–Kier alpha value is -6.78. The Kier molecular flexibility index (Phi) is 6.46. The molecule has 0 bridgehead atoms. The van der Waals surface area contributed by atoms with Gasteiger partial charge in [-0.15, -0.1) is 0 Å². The van der Waals surface area contributed by atoms with E-state index in [1.165, 1.54) is 38.3 Å². The number of rotatable bonds is 5. The third kappa shape index (κ3) is 4.54. The Balaban J connectivity index is 1.12. The summed E-state index contributed by atoms with van der Waals surface area (Å²) < 4.78 is 4.66. The zero-order valence-electron chi connectivity index (χ0n) is 27.1. The van der Waals surface area contributed by atoms with Crippen molar-refractivity contribution in [3.8, 4) is 45.1 Å². The van der Waals surface area contributed by atoms with Crippen molar-refractivity contribution in [1.29, 1.82) is 0 Å². The van der Waals surface area contributed by atoms with Crippen LogP contribution < -0.4 is 0 Å². The second-order valence-electron chi connectivity index (χ2n) is 12.7. The summed E-state index contributed by atoms with van der Waals surface area (Å²) in [4.78, 5) is 10.3. The first-order valence-electron chi connectivity index (χ1n) is 16.9. The molecule has 3 aromatic heterocycles. The van der Waals surface area contributed by atoms with E-state index in [1.54, 1.807) is 0 Å². The largest absolute Gasteiger partial charge is 0.316 e. The lowest BCUT2D eigenvalue weighted by atomic mass is 9.99. The fourth-order valence-corrected chi connectivity index (χ4v) is 7.42. The predicted molar refractivity (Wildman–Crippen MR) is 207 cm³/mol. The first-order chi connectivity index (χ1) is 24.8. The molecule has 0 aliphatic heterocycles. The van der Waals surface area contributed by atoms with Crippen LogP contribution in [0.1, 0.15) is 0 Å². The molecule has 0 aliphatic carbocycles. The number of hydrogen-bond donors (Lipinski definition) is 0. The van der Waals surface area contributed by atoms with Crippen LogP contribution in [0.5, 0.6) is 0 Å². The molecule has 0 unspecified atom stereocenters. The molecule has 0 saturated heterocycles. The van der Waals surface area contributed by atoms with Crippen LogP contribution in [0.25, 0.3) is 88.8 Å². The van der Waals surface area contributed by atoms with Gasteiger partial charge in [-0.05, 0) is 77.9 Å². The maximum atomic E-state index is 5.22. The normalized spacial score (nSPS) is 11.6. The summed E-state index contributed by atoms with van der Waals surface area (Å²) in [6.45, 7) is 0. The van der Waals surface area contributed by atoms with Crippen molar-refractivity contribution in [2.75, 3.05) is 0 Å².